The highest BCUT2D eigenvalue weighted by atomic mass is 31.2. The lowest BCUT2D eigenvalue weighted by Crippen LogP contribution is -2.26. The van der Waals surface area contributed by atoms with E-state index >= 15 is 0 Å². The molecule has 0 saturated carbocycles. The van der Waals surface area contributed by atoms with Gasteiger partial charge in [-0.15, -0.1) is 0 Å². The molecule has 0 aliphatic rings. The molecule has 0 amide bonds. The van der Waals surface area contributed by atoms with Crippen molar-refractivity contribution in [1.82, 2.24) is 10.3 Å². The molecule has 3 aromatic carbocycles. The summed E-state index contributed by atoms with van der Waals surface area (Å²) in [7, 11) is -2.23. The highest BCUT2D eigenvalue weighted by molar-refractivity contribution is 7.45. The number of aromatic amines is 1. The average Bonchev–Trinajstić information content (AvgIpc) is 3.14. The first-order valence-corrected chi connectivity index (χ1v) is 10.1. The van der Waals surface area contributed by atoms with Gasteiger partial charge in [0.05, 0.1) is 6.04 Å². The van der Waals surface area contributed by atoms with E-state index in [1.165, 1.54) is 0 Å². The quantitative estimate of drug-likeness (QED) is 0.364. The zero-order chi connectivity index (χ0) is 18.6. The minimum atomic E-state index is -2.23. The minimum absolute atomic E-state index is 0.157. The van der Waals surface area contributed by atoms with Crippen LogP contribution in [0.5, 0.6) is 0 Å². The van der Waals surface area contributed by atoms with Gasteiger partial charge in [0.15, 0.2) is 8.38 Å². The number of rotatable bonds is 6. The smallest absolute Gasteiger partial charge is 0.188 e. The molecule has 1 atom stereocenters. The molecule has 0 fully saturated rings. The average molecular weight is 376 g/mol. The number of nitrogens with one attached hydrogen (secondary N) is 2. The molecule has 0 saturated heterocycles. The van der Waals surface area contributed by atoms with E-state index in [9.17, 15) is 9.79 Å². The van der Waals surface area contributed by atoms with Crippen LogP contribution in [0.4, 0.5) is 0 Å². The first-order valence-electron chi connectivity index (χ1n) is 8.83. The van der Waals surface area contributed by atoms with Crippen LogP contribution in [0.25, 0.3) is 10.9 Å². The van der Waals surface area contributed by atoms with Crippen molar-refractivity contribution in [2.75, 3.05) is 0 Å². The number of para-hydroxylation sites is 1. The van der Waals surface area contributed by atoms with E-state index < -0.39 is 14.2 Å². The lowest BCUT2D eigenvalue weighted by molar-refractivity contribution is 0.439. The predicted molar refractivity (Wildman–Crippen MR) is 110 cm³/mol. The number of hydrogen-bond acceptors (Lipinski definition) is 3. The Labute approximate surface area is 159 Å². The van der Waals surface area contributed by atoms with Gasteiger partial charge in [-0.1, -0.05) is 78.9 Å². The van der Waals surface area contributed by atoms with Gasteiger partial charge >= 0.3 is 0 Å². The van der Waals surface area contributed by atoms with Crippen LogP contribution < -0.4 is 5.32 Å². The number of aromatic nitrogens is 1. The van der Waals surface area contributed by atoms with Gasteiger partial charge in [0.1, 0.15) is 5.78 Å². The summed E-state index contributed by atoms with van der Waals surface area (Å²) >= 11 is 0. The third-order valence-electron chi connectivity index (χ3n) is 4.74. The fourth-order valence-corrected chi connectivity index (χ4v) is 4.18. The molecule has 0 spiro atoms. The lowest BCUT2D eigenvalue weighted by Gasteiger charge is -2.27. The maximum atomic E-state index is 10.2. The van der Waals surface area contributed by atoms with E-state index in [4.69, 9.17) is 0 Å². The van der Waals surface area contributed by atoms with Crippen molar-refractivity contribution in [3.05, 3.63) is 108 Å². The van der Waals surface area contributed by atoms with Crippen molar-refractivity contribution in [2.45, 2.75) is 11.8 Å². The molecule has 4 nitrogen and oxygen atoms in total. The van der Waals surface area contributed by atoms with Crippen molar-refractivity contribution in [3.8, 4) is 0 Å². The fourth-order valence-electron chi connectivity index (χ4n) is 3.43. The first kappa shape index (κ1) is 17.9. The highest BCUT2D eigenvalue weighted by Crippen LogP contribution is 2.46. The van der Waals surface area contributed by atoms with Crippen LogP contribution in [0.3, 0.4) is 0 Å². The first-order chi connectivity index (χ1) is 13.2. The third-order valence-corrected chi connectivity index (χ3v) is 5.63. The standard InChI is InChI=1S/C22H21N2O2P/c25-27(26)22(19-15-23-20-14-8-7-13-18(19)20)24-21(16-9-3-1-4-10-16)17-11-5-2-6-12-17/h1-15,21-26H. The zero-order valence-electron chi connectivity index (χ0n) is 14.7. The molecule has 0 aliphatic carbocycles. The largest absolute Gasteiger partial charge is 0.361 e. The summed E-state index contributed by atoms with van der Waals surface area (Å²) < 4.78 is 0. The van der Waals surface area contributed by atoms with E-state index in [2.05, 4.69) is 10.3 Å². The topological polar surface area (TPSA) is 68.3 Å². The van der Waals surface area contributed by atoms with Gasteiger partial charge in [0.2, 0.25) is 0 Å². The molecular formula is C22H21N2O2P. The maximum Gasteiger partial charge on any atom is 0.188 e. The van der Waals surface area contributed by atoms with Crippen molar-refractivity contribution in [2.24, 2.45) is 0 Å². The van der Waals surface area contributed by atoms with E-state index in [1.807, 2.05) is 91.1 Å². The Morgan fingerprint density at radius 1 is 0.741 bits per heavy atom. The lowest BCUT2D eigenvalue weighted by atomic mass is 9.98. The van der Waals surface area contributed by atoms with Crippen molar-refractivity contribution in [3.63, 3.8) is 0 Å². The van der Waals surface area contributed by atoms with Gasteiger partial charge in [0, 0.05) is 22.7 Å². The number of H-pyrrole nitrogens is 1. The van der Waals surface area contributed by atoms with Gasteiger partial charge in [-0.25, -0.2) is 0 Å². The van der Waals surface area contributed by atoms with Crippen LogP contribution in [0.1, 0.15) is 28.5 Å². The van der Waals surface area contributed by atoms with Crippen LogP contribution >= 0.6 is 8.38 Å². The van der Waals surface area contributed by atoms with Crippen LogP contribution in [-0.4, -0.2) is 14.8 Å². The Hall–Kier alpha value is -2.49. The molecular weight excluding hydrogens is 355 g/mol. The molecule has 0 bridgehead atoms. The third kappa shape index (κ3) is 3.80. The van der Waals surface area contributed by atoms with E-state index in [1.54, 1.807) is 0 Å². The predicted octanol–water partition coefficient (Wildman–Crippen LogP) is 4.84. The molecule has 1 unspecified atom stereocenters. The van der Waals surface area contributed by atoms with Crippen LogP contribution in [-0.2, 0) is 0 Å². The second-order valence-electron chi connectivity index (χ2n) is 6.43. The fraction of sp³-hybridized carbons (Fsp3) is 0.0909. The van der Waals surface area contributed by atoms with Crippen LogP contribution in [0, 0.1) is 0 Å². The molecule has 5 heteroatoms. The molecule has 4 rings (SSSR count). The van der Waals surface area contributed by atoms with Gasteiger partial charge < -0.3 is 14.8 Å². The molecule has 4 aromatic rings. The van der Waals surface area contributed by atoms with Crippen molar-refractivity contribution in [1.29, 1.82) is 0 Å². The number of hydrogen-bond donors (Lipinski definition) is 4. The van der Waals surface area contributed by atoms with E-state index in [0.717, 1.165) is 27.6 Å². The van der Waals surface area contributed by atoms with Crippen molar-refractivity contribution < 1.29 is 9.79 Å². The summed E-state index contributed by atoms with van der Waals surface area (Å²) in [6.45, 7) is 0. The summed E-state index contributed by atoms with van der Waals surface area (Å²) in [5.41, 5.74) is 3.99. The second-order valence-corrected chi connectivity index (χ2v) is 7.59. The normalized spacial score (nSPS) is 12.7. The molecule has 1 heterocycles. The number of fused-ring (bicyclic) bond motifs is 1. The Balaban J connectivity index is 1.76. The Morgan fingerprint density at radius 3 is 1.89 bits per heavy atom. The summed E-state index contributed by atoms with van der Waals surface area (Å²) in [4.78, 5) is 23.7. The van der Waals surface area contributed by atoms with Gasteiger partial charge in [-0.05, 0) is 17.2 Å². The molecule has 4 N–H and O–H groups in total. The van der Waals surface area contributed by atoms with Gasteiger partial charge in [-0.3, -0.25) is 5.32 Å². The highest BCUT2D eigenvalue weighted by Gasteiger charge is 2.27. The summed E-state index contributed by atoms with van der Waals surface area (Å²) in [6.07, 6.45) is 1.86. The molecule has 136 valence electrons. The maximum absolute atomic E-state index is 10.2. The Kier molecular flexibility index (Phi) is 5.33. The zero-order valence-corrected chi connectivity index (χ0v) is 15.6. The molecule has 27 heavy (non-hydrogen) atoms. The van der Waals surface area contributed by atoms with Crippen molar-refractivity contribution >= 4 is 19.3 Å². The molecule has 0 radical (unpaired) electrons. The monoisotopic (exact) mass is 376 g/mol. The van der Waals surface area contributed by atoms with E-state index in [0.29, 0.717) is 0 Å². The minimum Gasteiger partial charge on any atom is -0.361 e. The molecule has 0 aliphatic heterocycles. The van der Waals surface area contributed by atoms with Crippen LogP contribution in [0.2, 0.25) is 0 Å². The Bertz CT molecular complexity index is 963. The summed E-state index contributed by atoms with van der Waals surface area (Å²) in [5, 5.41) is 4.48. The van der Waals surface area contributed by atoms with Gasteiger partial charge in [-0.2, -0.15) is 0 Å². The Morgan fingerprint density at radius 2 is 1.30 bits per heavy atom. The second kappa shape index (κ2) is 8.03. The van der Waals surface area contributed by atoms with Gasteiger partial charge in [0.25, 0.3) is 0 Å². The summed E-state index contributed by atoms with van der Waals surface area (Å²) in [5.74, 6) is -0.582. The van der Waals surface area contributed by atoms with E-state index in [-0.39, 0.29) is 6.04 Å². The summed E-state index contributed by atoms with van der Waals surface area (Å²) in [6, 6.07) is 27.9. The molecule has 1 aromatic heterocycles. The van der Waals surface area contributed by atoms with Crippen LogP contribution in [0.15, 0.2) is 91.1 Å². The number of benzene rings is 3. The SMILES string of the molecule is OP(O)C(NC(c1ccccc1)c1ccccc1)c1c[nH]c2ccccc12.